The molecule has 23 heavy (non-hydrogen) atoms. The van der Waals surface area contributed by atoms with E-state index in [1.807, 2.05) is 13.8 Å². The smallest absolute Gasteiger partial charge is 0.306 e. The first-order chi connectivity index (χ1) is 10.8. The highest BCUT2D eigenvalue weighted by molar-refractivity contribution is 5.80. The van der Waals surface area contributed by atoms with Crippen LogP contribution >= 0.6 is 0 Å². The lowest BCUT2D eigenvalue weighted by Crippen LogP contribution is -2.41. The molecule has 2 unspecified atom stereocenters. The lowest BCUT2D eigenvalue weighted by Gasteiger charge is -2.29. The number of amides is 1. The molecule has 1 aliphatic carbocycles. The Balaban J connectivity index is 1.92. The summed E-state index contributed by atoms with van der Waals surface area (Å²) < 4.78 is 13.0. The third-order valence-corrected chi connectivity index (χ3v) is 4.72. The van der Waals surface area contributed by atoms with E-state index in [0.717, 1.165) is 18.4 Å². The van der Waals surface area contributed by atoms with Gasteiger partial charge in [-0.05, 0) is 37.0 Å². The zero-order valence-corrected chi connectivity index (χ0v) is 13.6. The minimum Gasteiger partial charge on any atom is -0.481 e. The fourth-order valence-corrected chi connectivity index (χ4v) is 3.11. The average molecular weight is 321 g/mol. The van der Waals surface area contributed by atoms with Crippen LogP contribution in [0.1, 0.15) is 45.1 Å². The highest BCUT2D eigenvalue weighted by Crippen LogP contribution is 2.30. The molecular weight excluding hydrogens is 297 g/mol. The predicted molar refractivity (Wildman–Crippen MR) is 85.5 cm³/mol. The summed E-state index contributed by atoms with van der Waals surface area (Å²) in [5.41, 5.74) is 0.635. The Kier molecular flexibility index (Phi) is 5.39. The molecule has 1 saturated carbocycles. The molecule has 1 aliphatic rings. The molecular formula is C18H24FNO3. The summed E-state index contributed by atoms with van der Waals surface area (Å²) in [5, 5.41) is 12.0. The first-order valence-electron chi connectivity index (χ1n) is 8.06. The Morgan fingerprint density at radius 2 is 1.83 bits per heavy atom. The minimum atomic E-state index is -0.811. The molecule has 2 N–H and O–H groups in total. The SMILES string of the molecule is CC(C)(CNC(=O)C1CCCC(C(=O)O)C1)c1ccc(F)cc1. The molecule has 4 nitrogen and oxygen atoms in total. The highest BCUT2D eigenvalue weighted by atomic mass is 19.1. The van der Waals surface area contributed by atoms with Crippen LogP contribution in [0.5, 0.6) is 0 Å². The maximum atomic E-state index is 13.0. The lowest BCUT2D eigenvalue weighted by atomic mass is 9.80. The summed E-state index contributed by atoms with van der Waals surface area (Å²) in [6.07, 6.45) is 2.58. The van der Waals surface area contributed by atoms with Crippen molar-refractivity contribution < 1.29 is 19.1 Å². The van der Waals surface area contributed by atoms with E-state index in [9.17, 15) is 14.0 Å². The summed E-state index contributed by atoms with van der Waals surface area (Å²) >= 11 is 0. The third-order valence-electron chi connectivity index (χ3n) is 4.72. The van der Waals surface area contributed by atoms with E-state index >= 15 is 0 Å². The Morgan fingerprint density at radius 1 is 1.22 bits per heavy atom. The normalized spacial score (nSPS) is 21.7. The fourth-order valence-electron chi connectivity index (χ4n) is 3.11. The van der Waals surface area contributed by atoms with Crippen molar-refractivity contribution in [2.45, 2.75) is 44.9 Å². The molecule has 0 radical (unpaired) electrons. The van der Waals surface area contributed by atoms with Gasteiger partial charge in [-0.3, -0.25) is 9.59 Å². The van der Waals surface area contributed by atoms with Gasteiger partial charge in [0.15, 0.2) is 0 Å². The van der Waals surface area contributed by atoms with Crippen molar-refractivity contribution in [2.24, 2.45) is 11.8 Å². The summed E-state index contributed by atoms with van der Waals surface area (Å²) in [7, 11) is 0. The largest absolute Gasteiger partial charge is 0.481 e. The van der Waals surface area contributed by atoms with Crippen LogP contribution in [0.3, 0.4) is 0 Å². The maximum absolute atomic E-state index is 13.0. The van der Waals surface area contributed by atoms with Crippen LogP contribution in [-0.4, -0.2) is 23.5 Å². The quantitative estimate of drug-likeness (QED) is 0.875. The monoisotopic (exact) mass is 321 g/mol. The summed E-state index contributed by atoms with van der Waals surface area (Å²) in [5.74, 6) is -1.81. The van der Waals surface area contributed by atoms with Crippen LogP contribution < -0.4 is 5.32 Å². The summed E-state index contributed by atoms with van der Waals surface area (Å²) in [6.45, 7) is 4.41. The molecule has 0 saturated heterocycles. The number of benzene rings is 1. The molecule has 5 heteroatoms. The topological polar surface area (TPSA) is 66.4 Å². The van der Waals surface area contributed by atoms with Gasteiger partial charge in [-0.2, -0.15) is 0 Å². The molecule has 1 aromatic carbocycles. The van der Waals surface area contributed by atoms with Gasteiger partial charge in [0.2, 0.25) is 5.91 Å². The number of hydrogen-bond donors (Lipinski definition) is 2. The van der Waals surface area contributed by atoms with Gasteiger partial charge in [0.1, 0.15) is 5.82 Å². The van der Waals surface area contributed by atoms with Gasteiger partial charge in [0, 0.05) is 17.9 Å². The van der Waals surface area contributed by atoms with Gasteiger partial charge in [-0.25, -0.2) is 4.39 Å². The second-order valence-electron chi connectivity index (χ2n) is 7.01. The molecule has 0 aromatic heterocycles. The number of carboxylic acids is 1. The van der Waals surface area contributed by atoms with E-state index in [-0.39, 0.29) is 23.1 Å². The molecule has 1 amide bonds. The van der Waals surface area contributed by atoms with Crippen LogP contribution in [-0.2, 0) is 15.0 Å². The molecule has 1 aromatic rings. The van der Waals surface area contributed by atoms with E-state index in [1.165, 1.54) is 12.1 Å². The van der Waals surface area contributed by atoms with Crippen LogP contribution in [0, 0.1) is 17.7 Å². The predicted octanol–water partition coefficient (Wildman–Crippen LogP) is 3.11. The molecule has 0 aliphatic heterocycles. The molecule has 2 rings (SSSR count). The van der Waals surface area contributed by atoms with Crippen molar-refractivity contribution in [3.8, 4) is 0 Å². The number of halogens is 1. The molecule has 0 bridgehead atoms. The highest BCUT2D eigenvalue weighted by Gasteiger charge is 2.31. The first-order valence-corrected chi connectivity index (χ1v) is 8.06. The number of hydrogen-bond acceptors (Lipinski definition) is 2. The van der Waals surface area contributed by atoms with E-state index in [2.05, 4.69) is 5.32 Å². The number of carboxylic acid groups (broad SMARTS) is 1. The second kappa shape index (κ2) is 7.11. The molecule has 126 valence electrons. The zero-order valence-electron chi connectivity index (χ0n) is 13.6. The van der Waals surface area contributed by atoms with Crippen molar-refractivity contribution in [1.29, 1.82) is 0 Å². The average Bonchev–Trinajstić information content (AvgIpc) is 2.53. The zero-order chi connectivity index (χ0) is 17.0. The number of rotatable bonds is 5. The molecule has 0 heterocycles. The summed E-state index contributed by atoms with van der Waals surface area (Å²) in [6, 6.07) is 6.28. The van der Waals surface area contributed by atoms with Crippen molar-refractivity contribution in [1.82, 2.24) is 5.32 Å². The Morgan fingerprint density at radius 3 is 2.43 bits per heavy atom. The van der Waals surface area contributed by atoms with Gasteiger partial charge >= 0.3 is 5.97 Å². The van der Waals surface area contributed by atoms with Crippen LogP contribution in [0.4, 0.5) is 4.39 Å². The van der Waals surface area contributed by atoms with Crippen molar-refractivity contribution in [3.05, 3.63) is 35.6 Å². The van der Waals surface area contributed by atoms with Gasteiger partial charge < -0.3 is 10.4 Å². The van der Waals surface area contributed by atoms with E-state index in [1.54, 1.807) is 12.1 Å². The van der Waals surface area contributed by atoms with Gasteiger partial charge in [0.05, 0.1) is 5.92 Å². The standard InChI is InChI=1S/C18H24FNO3/c1-18(2,14-6-8-15(19)9-7-14)11-20-16(21)12-4-3-5-13(10-12)17(22)23/h6-9,12-13H,3-5,10-11H2,1-2H3,(H,20,21)(H,22,23). The molecule has 1 fully saturated rings. The number of aliphatic carboxylic acids is 1. The second-order valence-corrected chi connectivity index (χ2v) is 7.01. The van der Waals surface area contributed by atoms with Gasteiger partial charge in [-0.15, -0.1) is 0 Å². The van der Waals surface area contributed by atoms with Crippen LogP contribution in [0.15, 0.2) is 24.3 Å². The van der Waals surface area contributed by atoms with Gasteiger partial charge in [0.25, 0.3) is 0 Å². The maximum Gasteiger partial charge on any atom is 0.306 e. The van der Waals surface area contributed by atoms with E-state index in [0.29, 0.717) is 19.4 Å². The third kappa shape index (κ3) is 4.53. The first kappa shape index (κ1) is 17.4. The van der Waals surface area contributed by atoms with Crippen LogP contribution in [0.25, 0.3) is 0 Å². The van der Waals surface area contributed by atoms with Crippen LogP contribution in [0.2, 0.25) is 0 Å². The Bertz CT molecular complexity index is 568. The Hall–Kier alpha value is -1.91. The summed E-state index contributed by atoms with van der Waals surface area (Å²) in [4.78, 5) is 23.4. The van der Waals surface area contributed by atoms with Crippen molar-refractivity contribution in [2.75, 3.05) is 6.54 Å². The van der Waals surface area contributed by atoms with E-state index in [4.69, 9.17) is 5.11 Å². The minimum absolute atomic E-state index is 0.0777. The number of nitrogens with one attached hydrogen (secondary N) is 1. The Labute approximate surface area is 136 Å². The number of carbonyl (C=O) groups is 2. The van der Waals surface area contributed by atoms with Gasteiger partial charge in [-0.1, -0.05) is 32.4 Å². The van der Waals surface area contributed by atoms with Crippen molar-refractivity contribution >= 4 is 11.9 Å². The fraction of sp³-hybridized carbons (Fsp3) is 0.556. The lowest BCUT2D eigenvalue weighted by molar-refractivity contribution is -0.144. The number of carbonyl (C=O) groups excluding carboxylic acids is 1. The van der Waals surface area contributed by atoms with E-state index < -0.39 is 11.9 Å². The van der Waals surface area contributed by atoms with Crippen molar-refractivity contribution in [3.63, 3.8) is 0 Å². The molecule has 0 spiro atoms. The molecule has 2 atom stereocenters.